The second-order valence-corrected chi connectivity index (χ2v) is 5.14. The monoisotopic (exact) mass is 226 g/mol. The molecule has 94 valence electrons. The smallest absolute Gasteiger partial charge is 0.0873 e. The van der Waals surface area contributed by atoms with Crippen molar-refractivity contribution < 1.29 is 9.47 Å². The topological polar surface area (TPSA) is 18.5 Å². The highest BCUT2D eigenvalue weighted by atomic mass is 16.5. The Balaban J connectivity index is 2.20. The summed E-state index contributed by atoms with van der Waals surface area (Å²) in [5.74, 6) is 0. The summed E-state index contributed by atoms with van der Waals surface area (Å²) in [5, 5.41) is 0. The van der Waals surface area contributed by atoms with E-state index in [1.54, 1.807) is 0 Å². The molecule has 1 rings (SSSR count). The molecule has 0 aliphatic carbocycles. The van der Waals surface area contributed by atoms with Crippen molar-refractivity contribution in [2.75, 3.05) is 19.8 Å². The van der Waals surface area contributed by atoms with Crippen LogP contribution in [-0.2, 0) is 9.47 Å². The van der Waals surface area contributed by atoms with Crippen LogP contribution in [0.15, 0.2) is 11.8 Å². The van der Waals surface area contributed by atoms with Crippen LogP contribution in [0, 0.1) is 5.41 Å². The molecule has 0 amide bonds. The quantitative estimate of drug-likeness (QED) is 0.505. The van der Waals surface area contributed by atoms with Gasteiger partial charge in [-0.25, -0.2) is 0 Å². The minimum Gasteiger partial charge on any atom is -0.501 e. The van der Waals surface area contributed by atoms with Crippen LogP contribution in [0.1, 0.15) is 52.9 Å². The number of hydrogen-bond donors (Lipinski definition) is 0. The Bertz CT molecular complexity index is 211. The van der Waals surface area contributed by atoms with E-state index in [0.717, 1.165) is 26.2 Å². The van der Waals surface area contributed by atoms with Crippen LogP contribution >= 0.6 is 0 Å². The fraction of sp³-hybridized carbons (Fsp3) is 0.857. The van der Waals surface area contributed by atoms with Crippen LogP contribution < -0.4 is 0 Å². The first-order valence-corrected chi connectivity index (χ1v) is 6.51. The zero-order valence-electron chi connectivity index (χ0n) is 11.1. The zero-order chi connectivity index (χ0) is 11.9. The predicted octanol–water partition coefficient (Wildman–Crippen LogP) is 3.91. The van der Waals surface area contributed by atoms with E-state index in [2.05, 4.69) is 20.8 Å². The van der Waals surface area contributed by atoms with Crippen molar-refractivity contribution in [3.63, 3.8) is 0 Å². The molecule has 2 nitrogen and oxygen atoms in total. The first-order chi connectivity index (χ1) is 7.68. The van der Waals surface area contributed by atoms with Gasteiger partial charge in [-0.3, -0.25) is 0 Å². The van der Waals surface area contributed by atoms with Crippen LogP contribution in [0.4, 0.5) is 0 Å². The van der Waals surface area contributed by atoms with E-state index in [9.17, 15) is 0 Å². The molecule has 1 saturated heterocycles. The van der Waals surface area contributed by atoms with Gasteiger partial charge in [0.2, 0.25) is 0 Å². The molecule has 2 heteroatoms. The van der Waals surface area contributed by atoms with Crippen molar-refractivity contribution in [1.82, 2.24) is 0 Å². The van der Waals surface area contributed by atoms with Crippen molar-refractivity contribution >= 4 is 0 Å². The Morgan fingerprint density at radius 1 is 1.31 bits per heavy atom. The fourth-order valence-corrected chi connectivity index (χ4v) is 2.34. The van der Waals surface area contributed by atoms with E-state index >= 15 is 0 Å². The lowest BCUT2D eigenvalue weighted by Gasteiger charge is -2.36. The molecule has 0 unspecified atom stereocenters. The Labute approximate surface area is 100 Å². The second kappa shape index (κ2) is 6.95. The summed E-state index contributed by atoms with van der Waals surface area (Å²) >= 11 is 0. The van der Waals surface area contributed by atoms with Crippen molar-refractivity contribution in [1.29, 1.82) is 0 Å². The van der Waals surface area contributed by atoms with Crippen LogP contribution in [0.2, 0.25) is 0 Å². The highest BCUT2D eigenvalue weighted by Crippen LogP contribution is 2.38. The minimum absolute atomic E-state index is 0.534. The maximum atomic E-state index is 5.48. The summed E-state index contributed by atoms with van der Waals surface area (Å²) < 4.78 is 10.9. The number of rotatable bonds is 6. The predicted molar refractivity (Wildman–Crippen MR) is 67.4 cm³/mol. The third-order valence-corrected chi connectivity index (χ3v) is 3.59. The first kappa shape index (κ1) is 13.6. The summed E-state index contributed by atoms with van der Waals surface area (Å²) in [4.78, 5) is 0. The Morgan fingerprint density at radius 3 is 2.56 bits per heavy atom. The van der Waals surface area contributed by atoms with E-state index in [0.29, 0.717) is 5.41 Å². The lowest BCUT2D eigenvalue weighted by molar-refractivity contribution is 0.00465. The third-order valence-electron chi connectivity index (χ3n) is 3.59. The average molecular weight is 226 g/mol. The van der Waals surface area contributed by atoms with Gasteiger partial charge in [0.15, 0.2) is 0 Å². The highest BCUT2D eigenvalue weighted by Gasteiger charge is 2.29. The lowest BCUT2D eigenvalue weighted by Crippen LogP contribution is -2.29. The van der Waals surface area contributed by atoms with E-state index in [-0.39, 0.29) is 0 Å². The molecule has 0 saturated carbocycles. The highest BCUT2D eigenvalue weighted by molar-refractivity contribution is 4.86. The molecule has 0 N–H and O–H groups in total. The number of allylic oxidation sites excluding steroid dienone is 1. The molecular formula is C14H26O2. The normalized spacial score (nSPS) is 19.2. The molecule has 1 aliphatic rings. The van der Waals surface area contributed by atoms with Crippen molar-refractivity contribution in [3.8, 4) is 0 Å². The Morgan fingerprint density at radius 2 is 2.00 bits per heavy atom. The molecule has 0 bridgehead atoms. The van der Waals surface area contributed by atoms with E-state index in [1.165, 1.54) is 31.3 Å². The van der Waals surface area contributed by atoms with E-state index < -0.39 is 0 Å². The van der Waals surface area contributed by atoms with Gasteiger partial charge in [-0.15, -0.1) is 0 Å². The first-order valence-electron chi connectivity index (χ1n) is 6.51. The molecule has 1 heterocycles. The van der Waals surface area contributed by atoms with Gasteiger partial charge in [-0.1, -0.05) is 13.3 Å². The summed E-state index contributed by atoms with van der Waals surface area (Å²) in [5.41, 5.74) is 1.77. The van der Waals surface area contributed by atoms with Crippen molar-refractivity contribution in [3.05, 3.63) is 11.8 Å². The molecule has 0 aromatic heterocycles. The molecule has 1 aliphatic heterocycles. The van der Waals surface area contributed by atoms with Gasteiger partial charge in [0.05, 0.1) is 12.9 Å². The van der Waals surface area contributed by atoms with Crippen LogP contribution in [0.25, 0.3) is 0 Å². The maximum Gasteiger partial charge on any atom is 0.0873 e. The number of hydrogen-bond acceptors (Lipinski definition) is 2. The van der Waals surface area contributed by atoms with Crippen molar-refractivity contribution in [2.45, 2.75) is 52.9 Å². The molecular weight excluding hydrogens is 200 g/mol. The summed E-state index contributed by atoms with van der Waals surface area (Å²) in [7, 11) is 0. The van der Waals surface area contributed by atoms with Gasteiger partial charge in [-0.2, -0.15) is 0 Å². The molecule has 0 spiro atoms. The third kappa shape index (κ3) is 4.56. The Hall–Kier alpha value is -0.500. The molecule has 1 fully saturated rings. The van der Waals surface area contributed by atoms with Crippen LogP contribution in [0.3, 0.4) is 0 Å². The Kier molecular flexibility index (Phi) is 5.89. The minimum atomic E-state index is 0.534. The van der Waals surface area contributed by atoms with E-state index in [1.807, 2.05) is 6.26 Å². The average Bonchev–Trinajstić information content (AvgIpc) is 2.29. The standard InChI is InChI=1S/C14H26O2/c1-4-14(7-10-15-11-8-14)6-5-9-16-12-13(2)3/h12H,4-11H2,1-3H3. The maximum absolute atomic E-state index is 5.48. The molecule has 0 aromatic carbocycles. The number of ether oxygens (including phenoxy) is 2. The molecule has 0 aromatic rings. The fourth-order valence-electron chi connectivity index (χ4n) is 2.34. The van der Waals surface area contributed by atoms with Gasteiger partial charge < -0.3 is 9.47 Å². The molecule has 0 radical (unpaired) electrons. The van der Waals surface area contributed by atoms with Gasteiger partial charge in [0, 0.05) is 13.2 Å². The largest absolute Gasteiger partial charge is 0.501 e. The van der Waals surface area contributed by atoms with Crippen molar-refractivity contribution in [2.24, 2.45) is 5.41 Å². The second-order valence-electron chi connectivity index (χ2n) is 5.14. The van der Waals surface area contributed by atoms with Gasteiger partial charge in [-0.05, 0) is 50.5 Å². The summed E-state index contributed by atoms with van der Waals surface area (Å²) in [6, 6.07) is 0. The molecule has 0 atom stereocenters. The van der Waals surface area contributed by atoms with Crippen LogP contribution in [-0.4, -0.2) is 19.8 Å². The van der Waals surface area contributed by atoms with E-state index in [4.69, 9.17) is 9.47 Å². The molecule has 16 heavy (non-hydrogen) atoms. The SMILES string of the molecule is CCC1(CCCOC=C(C)C)CCOCC1. The van der Waals surface area contributed by atoms with Gasteiger partial charge in [0.1, 0.15) is 0 Å². The summed E-state index contributed by atoms with van der Waals surface area (Å²) in [6.07, 6.45) is 8.04. The zero-order valence-corrected chi connectivity index (χ0v) is 11.1. The van der Waals surface area contributed by atoms with Gasteiger partial charge >= 0.3 is 0 Å². The van der Waals surface area contributed by atoms with Crippen LogP contribution in [0.5, 0.6) is 0 Å². The lowest BCUT2D eigenvalue weighted by atomic mass is 9.74. The van der Waals surface area contributed by atoms with Gasteiger partial charge in [0.25, 0.3) is 0 Å². The summed E-state index contributed by atoms with van der Waals surface area (Å²) in [6.45, 7) is 9.18.